The number of allylic oxidation sites excluding steroid dienone is 2. The fourth-order valence-electron chi connectivity index (χ4n) is 3.91. The molecule has 1 unspecified atom stereocenters. The van der Waals surface area contributed by atoms with Crippen LogP contribution in [0.1, 0.15) is 33.0 Å². The zero-order valence-corrected chi connectivity index (χ0v) is 11.8. The molecule has 1 saturated carbocycles. The summed E-state index contributed by atoms with van der Waals surface area (Å²) in [6, 6.07) is 1.73. The number of carbonyl (C=O) groups is 2. The van der Waals surface area contributed by atoms with Crippen molar-refractivity contribution >= 4 is 18.8 Å². The first-order valence-corrected chi connectivity index (χ1v) is 7.02. The van der Waals surface area contributed by atoms with Gasteiger partial charge in [-0.05, 0) is 30.8 Å². The predicted octanol–water partition coefficient (Wildman–Crippen LogP) is 0.565. The van der Waals surface area contributed by atoms with Crippen molar-refractivity contribution in [3.63, 3.8) is 0 Å². The molecule has 2 fully saturated rings. The van der Waals surface area contributed by atoms with Gasteiger partial charge in [-0.3, -0.25) is 4.79 Å². The average Bonchev–Trinajstić information content (AvgIpc) is 2.84. The molecule has 0 bridgehead atoms. The van der Waals surface area contributed by atoms with E-state index in [0.717, 1.165) is 24.2 Å². The molecule has 7 heteroatoms. The minimum Gasteiger partial charge on any atom is -0.464 e. The minimum absolute atomic E-state index is 0.154. The molecule has 3 aliphatic rings. The normalized spacial score (nSPS) is 28.5. The molecular weight excluding hydrogens is 271 g/mol. The van der Waals surface area contributed by atoms with Crippen LogP contribution < -0.4 is 0 Å². The highest BCUT2D eigenvalue weighted by Crippen LogP contribution is 2.66. The van der Waals surface area contributed by atoms with Crippen LogP contribution >= 0.6 is 0 Å². The van der Waals surface area contributed by atoms with E-state index in [2.05, 4.69) is 4.98 Å². The smallest absolute Gasteiger partial charge is 0.409 e. The molecule has 2 N–H and O–H groups in total. The van der Waals surface area contributed by atoms with Gasteiger partial charge >= 0.3 is 13.0 Å². The molecule has 0 aromatic carbocycles. The fraction of sp³-hybridized carbons (Fsp3) is 0.429. The van der Waals surface area contributed by atoms with Gasteiger partial charge < -0.3 is 19.6 Å². The molecule has 1 aromatic rings. The molecule has 21 heavy (non-hydrogen) atoms. The summed E-state index contributed by atoms with van der Waals surface area (Å²) >= 11 is 0. The van der Waals surface area contributed by atoms with E-state index < -0.39 is 13.0 Å². The van der Waals surface area contributed by atoms with Gasteiger partial charge in [0.05, 0.1) is 12.8 Å². The third kappa shape index (κ3) is 1.42. The maximum atomic E-state index is 12.3. The molecular formula is C14H15BN2O4. The Morgan fingerprint density at radius 2 is 2.38 bits per heavy atom. The van der Waals surface area contributed by atoms with Gasteiger partial charge in [-0.2, -0.15) is 0 Å². The van der Waals surface area contributed by atoms with E-state index in [1.54, 1.807) is 19.0 Å². The quantitative estimate of drug-likeness (QED) is 0.613. The van der Waals surface area contributed by atoms with Crippen LogP contribution in [0, 0.1) is 5.92 Å². The van der Waals surface area contributed by atoms with E-state index in [4.69, 9.17) is 4.74 Å². The van der Waals surface area contributed by atoms with Crippen molar-refractivity contribution in [1.29, 1.82) is 0 Å². The second kappa shape index (κ2) is 3.79. The summed E-state index contributed by atoms with van der Waals surface area (Å²) in [4.78, 5) is 28.8. The number of H-pyrrole nitrogens is 1. The van der Waals surface area contributed by atoms with Crippen molar-refractivity contribution < 1.29 is 19.3 Å². The first-order valence-electron chi connectivity index (χ1n) is 7.02. The SMILES string of the molecule is COC(=O)c1cc2c([nH]1)C(=O)C=C1N(B(C)O)C[C@H]3CC123. The molecule has 6 nitrogen and oxygen atoms in total. The molecule has 108 valence electrons. The number of aromatic amines is 1. The molecule has 4 rings (SSSR count). The second-order valence-electron chi connectivity index (χ2n) is 6.01. The molecule has 1 spiro atoms. The number of hydrogen-bond acceptors (Lipinski definition) is 5. The topological polar surface area (TPSA) is 82.6 Å². The number of nitrogens with one attached hydrogen (secondary N) is 1. The van der Waals surface area contributed by atoms with Crippen molar-refractivity contribution in [2.45, 2.75) is 18.7 Å². The Kier molecular flexibility index (Phi) is 2.29. The maximum absolute atomic E-state index is 12.3. The van der Waals surface area contributed by atoms with Crippen LogP contribution in [-0.4, -0.2) is 47.3 Å². The molecule has 1 saturated heterocycles. The van der Waals surface area contributed by atoms with E-state index in [1.807, 2.05) is 4.81 Å². The lowest BCUT2D eigenvalue weighted by Crippen LogP contribution is -2.38. The van der Waals surface area contributed by atoms with Crippen molar-refractivity contribution in [1.82, 2.24) is 9.79 Å². The number of rotatable bonds is 2. The summed E-state index contributed by atoms with van der Waals surface area (Å²) in [6.45, 7) is 2.45. The van der Waals surface area contributed by atoms with Crippen LogP contribution in [0.15, 0.2) is 17.8 Å². The highest BCUT2D eigenvalue weighted by Gasteiger charge is 2.67. The summed E-state index contributed by atoms with van der Waals surface area (Å²) in [6.07, 6.45) is 2.56. The van der Waals surface area contributed by atoms with Gasteiger partial charge in [0.2, 0.25) is 5.78 Å². The highest BCUT2D eigenvalue weighted by atomic mass is 16.5. The van der Waals surface area contributed by atoms with E-state index in [1.165, 1.54) is 7.11 Å². The van der Waals surface area contributed by atoms with Gasteiger partial charge in [-0.25, -0.2) is 4.79 Å². The van der Waals surface area contributed by atoms with Crippen molar-refractivity contribution in [2.24, 2.45) is 5.92 Å². The number of piperidine rings is 1. The summed E-state index contributed by atoms with van der Waals surface area (Å²) in [5.41, 5.74) is 2.34. The zero-order chi connectivity index (χ0) is 14.9. The zero-order valence-electron chi connectivity index (χ0n) is 11.8. The lowest BCUT2D eigenvalue weighted by molar-refractivity contribution is 0.0594. The standard InChI is InChI=1S/C14H15BN2O4/c1-15(20)17-6-7-5-14(7)8-3-9(13(19)21-2)16-12(8)10(18)4-11(14)17/h3-4,7,16,20H,5-6H2,1-2H3/t7-,14?/m1/s1. The van der Waals surface area contributed by atoms with Gasteiger partial charge in [0, 0.05) is 23.7 Å². The highest BCUT2D eigenvalue weighted by molar-refractivity contribution is 6.46. The van der Waals surface area contributed by atoms with Crippen molar-refractivity contribution in [2.75, 3.05) is 13.7 Å². The maximum Gasteiger partial charge on any atom is 0.409 e. The summed E-state index contributed by atoms with van der Waals surface area (Å²) in [5.74, 6) is -0.233. The molecule has 0 radical (unpaired) electrons. The lowest BCUT2D eigenvalue weighted by atomic mass is 9.80. The van der Waals surface area contributed by atoms with Crippen LogP contribution in [0.3, 0.4) is 0 Å². The Morgan fingerprint density at radius 1 is 1.62 bits per heavy atom. The Labute approximate surface area is 121 Å². The lowest BCUT2D eigenvalue weighted by Gasteiger charge is -2.29. The largest absolute Gasteiger partial charge is 0.464 e. The van der Waals surface area contributed by atoms with Crippen molar-refractivity contribution in [3.05, 3.63) is 34.8 Å². The Bertz CT molecular complexity index is 708. The number of ketones is 1. The van der Waals surface area contributed by atoms with E-state index in [-0.39, 0.29) is 11.2 Å². The van der Waals surface area contributed by atoms with E-state index in [9.17, 15) is 14.6 Å². The molecule has 2 heterocycles. The molecule has 1 aromatic heterocycles. The summed E-state index contributed by atoms with van der Waals surface area (Å²) in [7, 11) is 0.700. The Hall–Kier alpha value is -2.02. The monoisotopic (exact) mass is 286 g/mol. The number of esters is 1. The number of hydrogen-bond donors (Lipinski definition) is 2. The first-order chi connectivity index (χ1) is 9.99. The van der Waals surface area contributed by atoms with Crippen LogP contribution in [0.25, 0.3) is 0 Å². The summed E-state index contributed by atoms with van der Waals surface area (Å²) in [5, 5.41) is 9.88. The van der Waals surface area contributed by atoms with Gasteiger partial charge in [0.25, 0.3) is 0 Å². The summed E-state index contributed by atoms with van der Waals surface area (Å²) < 4.78 is 4.72. The molecule has 0 amide bonds. The van der Waals surface area contributed by atoms with Gasteiger partial charge in [-0.1, -0.05) is 0 Å². The molecule has 2 aliphatic carbocycles. The third-order valence-electron chi connectivity index (χ3n) is 4.96. The average molecular weight is 286 g/mol. The van der Waals surface area contributed by atoms with E-state index >= 15 is 0 Å². The number of carbonyl (C=O) groups excluding carboxylic acids is 2. The van der Waals surface area contributed by atoms with Gasteiger partial charge in [-0.15, -0.1) is 0 Å². The number of fused-ring (bicyclic) bond motifs is 1. The Morgan fingerprint density at radius 3 is 3.05 bits per heavy atom. The molecule has 1 aliphatic heterocycles. The second-order valence-corrected chi connectivity index (χ2v) is 6.01. The Balaban J connectivity index is 1.84. The van der Waals surface area contributed by atoms with Crippen molar-refractivity contribution in [3.8, 4) is 0 Å². The molecule has 2 atom stereocenters. The van der Waals surface area contributed by atoms with Crippen LogP contribution in [0.5, 0.6) is 0 Å². The first kappa shape index (κ1) is 12.7. The number of methoxy groups -OCH3 is 1. The predicted molar refractivity (Wildman–Crippen MR) is 74.9 cm³/mol. The third-order valence-corrected chi connectivity index (χ3v) is 4.96. The minimum atomic E-state index is -0.616. The number of ether oxygens (including phenoxy) is 1. The number of nitrogens with zero attached hydrogens (tertiary/aromatic N) is 1. The van der Waals surface area contributed by atoms with Crippen LogP contribution in [0.2, 0.25) is 6.82 Å². The fourth-order valence-corrected chi connectivity index (χ4v) is 3.91. The number of aromatic nitrogens is 1. The van der Waals surface area contributed by atoms with Gasteiger partial charge in [0.1, 0.15) is 5.69 Å². The van der Waals surface area contributed by atoms with Crippen LogP contribution in [0.4, 0.5) is 0 Å². The van der Waals surface area contributed by atoms with E-state index in [0.29, 0.717) is 17.3 Å². The van der Waals surface area contributed by atoms with Crippen LogP contribution in [-0.2, 0) is 10.2 Å². The van der Waals surface area contributed by atoms with Gasteiger partial charge in [0.15, 0.2) is 0 Å².